The van der Waals surface area contributed by atoms with Crippen molar-refractivity contribution in [3.63, 3.8) is 0 Å². The van der Waals surface area contributed by atoms with E-state index in [-0.39, 0.29) is 11.7 Å². The fourth-order valence-electron chi connectivity index (χ4n) is 1.50. The lowest BCUT2D eigenvalue weighted by Gasteiger charge is -1.91. The first-order chi connectivity index (χ1) is 8.11. The Morgan fingerprint density at radius 2 is 2.29 bits per heavy atom. The zero-order chi connectivity index (χ0) is 12.4. The van der Waals surface area contributed by atoms with E-state index in [9.17, 15) is 4.79 Å². The Balaban J connectivity index is 2.43. The van der Waals surface area contributed by atoms with Gasteiger partial charge in [0, 0.05) is 6.07 Å². The van der Waals surface area contributed by atoms with Crippen LogP contribution in [0.25, 0.3) is 11.6 Å². The Labute approximate surface area is 97.2 Å². The topological polar surface area (TPSA) is 89.4 Å². The van der Waals surface area contributed by atoms with Crippen molar-refractivity contribution < 1.29 is 18.8 Å². The number of carboxylic acid groups (broad SMARTS) is 1. The van der Waals surface area contributed by atoms with Gasteiger partial charge in [-0.2, -0.15) is 0 Å². The molecule has 0 aliphatic carbocycles. The lowest BCUT2D eigenvalue weighted by Crippen LogP contribution is -1.99. The molecule has 0 bridgehead atoms. The number of carbonyl (C=O) groups is 1. The van der Waals surface area contributed by atoms with Gasteiger partial charge in [0.2, 0.25) is 11.7 Å². The second-order valence-corrected chi connectivity index (χ2v) is 3.67. The fourth-order valence-corrected chi connectivity index (χ4v) is 1.50. The molecule has 0 saturated heterocycles. The second kappa shape index (κ2) is 4.40. The summed E-state index contributed by atoms with van der Waals surface area (Å²) in [6.45, 7) is 3.69. The predicted octanol–water partition coefficient (Wildman–Crippen LogP) is 2.29. The molecule has 6 nitrogen and oxygen atoms in total. The largest absolute Gasteiger partial charge is 0.475 e. The van der Waals surface area contributed by atoms with E-state index in [0.29, 0.717) is 23.6 Å². The van der Waals surface area contributed by atoms with Crippen LogP contribution in [0, 0.1) is 6.92 Å². The Hall–Kier alpha value is -2.11. The van der Waals surface area contributed by atoms with Gasteiger partial charge >= 0.3 is 5.97 Å². The van der Waals surface area contributed by atoms with Crippen LogP contribution in [-0.4, -0.2) is 21.2 Å². The third-order valence-electron chi connectivity index (χ3n) is 2.23. The Bertz CT molecular complexity index is 541. The van der Waals surface area contributed by atoms with Crippen LogP contribution in [0.5, 0.6) is 0 Å². The van der Waals surface area contributed by atoms with Crippen molar-refractivity contribution in [1.82, 2.24) is 10.1 Å². The molecule has 6 heteroatoms. The summed E-state index contributed by atoms with van der Waals surface area (Å²) in [6, 6.07) is 1.65. The van der Waals surface area contributed by atoms with E-state index in [4.69, 9.17) is 14.0 Å². The van der Waals surface area contributed by atoms with E-state index in [2.05, 4.69) is 10.1 Å². The molecule has 0 spiro atoms. The molecule has 2 aromatic rings. The summed E-state index contributed by atoms with van der Waals surface area (Å²) in [4.78, 5) is 15.1. The van der Waals surface area contributed by atoms with Gasteiger partial charge in [-0.1, -0.05) is 18.5 Å². The summed E-state index contributed by atoms with van der Waals surface area (Å²) in [5.41, 5.74) is 0.850. The minimum absolute atomic E-state index is 0.123. The highest BCUT2D eigenvalue weighted by molar-refractivity contribution is 5.86. The number of hydrogen-bond donors (Lipinski definition) is 1. The molecule has 17 heavy (non-hydrogen) atoms. The van der Waals surface area contributed by atoms with E-state index < -0.39 is 5.97 Å². The molecule has 0 fully saturated rings. The number of oxazole rings is 1. The van der Waals surface area contributed by atoms with Gasteiger partial charge in [0.05, 0.1) is 5.69 Å². The quantitative estimate of drug-likeness (QED) is 0.875. The minimum atomic E-state index is -1.12. The first-order valence-electron chi connectivity index (χ1n) is 5.28. The maximum Gasteiger partial charge on any atom is 0.373 e. The Morgan fingerprint density at radius 1 is 1.53 bits per heavy atom. The average molecular weight is 236 g/mol. The van der Waals surface area contributed by atoms with E-state index >= 15 is 0 Å². The standard InChI is InChI=1S/C11H12N2O4/c1-3-4-7-9(11(14)15)16-10(12-7)8-5-6(2)17-13-8/h5H,3-4H2,1-2H3,(H,14,15). The summed E-state index contributed by atoms with van der Waals surface area (Å²) in [6.07, 6.45) is 1.35. The molecule has 2 rings (SSSR count). The first kappa shape index (κ1) is 11.4. The molecule has 2 heterocycles. The van der Waals surface area contributed by atoms with Gasteiger partial charge in [-0.25, -0.2) is 9.78 Å². The maximum absolute atomic E-state index is 11.0. The lowest BCUT2D eigenvalue weighted by atomic mass is 10.2. The molecule has 0 atom stereocenters. The van der Waals surface area contributed by atoms with Crippen molar-refractivity contribution in [2.45, 2.75) is 26.7 Å². The van der Waals surface area contributed by atoms with Crippen LogP contribution in [0.1, 0.15) is 35.4 Å². The minimum Gasteiger partial charge on any atom is -0.475 e. The summed E-state index contributed by atoms with van der Waals surface area (Å²) in [7, 11) is 0. The predicted molar refractivity (Wildman–Crippen MR) is 57.7 cm³/mol. The molecule has 90 valence electrons. The second-order valence-electron chi connectivity index (χ2n) is 3.67. The number of aromatic nitrogens is 2. The molecular formula is C11H12N2O4. The molecule has 1 N–H and O–H groups in total. The number of rotatable bonds is 4. The zero-order valence-corrected chi connectivity index (χ0v) is 9.56. The SMILES string of the molecule is CCCc1nc(-c2cc(C)on2)oc1C(=O)O. The van der Waals surface area contributed by atoms with Crippen molar-refractivity contribution in [2.75, 3.05) is 0 Å². The van der Waals surface area contributed by atoms with E-state index in [1.54, 1.807) is 13.0 Å². The lowest BCUT2D eigenvalue weighted by molar-refractivity contribution is 0.0661. The van der Waals surface area contributed by atoms with Gasteiger partial charge in [-0.3, -0.25) is 0 Å². The first-order valence-corrected chi connectivity index (χ1v) is 5.28. The fraction of sp³-hybridized carbons (Fsp3) is 0.364. The van der Waals surface area contributed by atoms with Gasteiger partial charge in [-0.15, -0.1) is 0 Å². The Kier molecular flexibility index (Phi) is 2.95. The number of aryl methyl sites for hydroxylation is 2. The molecule has 0 amide bonds. The van der Waals surface area contributed by atoms with Gasteiger partial charge < -0.3 is 14.0 Å². The molecule has 0 aliphatic heterocycles. The number of carboxylic acids is 1. The van der Waals surface area contributed by atoms with Crippen molar-refractivity contribution in [3.05, 3.63) is 23.3 Å². The van der Waals surface area contributed by atoms with Crippen LogP contribution >= 0.6 is 0 Å². The highest BCUT2D eigenvalue weighted by Crippen LogP contribution is 2.22. The summed E-state index contributed by atoms with van der Waals surface area (Å²) in [5, 5.41) is 12.7. The summed E-state index contributed by atoms with van der Waals surface area (Å²) >= 11 is 0. The maximum atomic E-state index is 11.0. The normalized spacial score (nSPS) is 10.7. The third-order valence-corrected chi connectivity index (χ3v) is 2.23. The summed E-state index contributed by atoms with van der Waals surface area (Å²) in [5.74, 6) is -0.440. The van der Waals surface area contributed by atoms with Crippen molar-refractivity contribution >= 4 is 5.97 Å². The van der Waals surface area contributed by atoms with E-state index in [0.717, 1.165) is 6.42 Å². The van der Waals surface area contributed by atoms with Gasteiger partial charge in [0.15, 0.2) is 5.69 Å². The zero-order valence-electron chi connectivity index (χ0n) is 9.56. The molecule has 0 aliphatic rings. The molecular weight excluding hydrogens is 224 g/mol. The van der Waals surface area contributed by atoms with E-state index in [1.807, 2.05) is 6.92 Å². The van der Waals surface area contributed by atoms with E-state index in [1.165, 1.54) is 0 Å². The smallest absolute Gasteiger partial charge is 0.373 e. The van der Waals surface area contributed by atoms with Gasteiger partial charge in [0.25, 0.3) is 0 Å². The number of nitrogens with zero attached hydrogens (tertiary/aromatic N) is 2. The van der Waals surface area contributed by atoms with Crippen LogP contribution in [0.2, 0.25) is 0 Å². The van der Waals surface area contributed by atoms with Crippen LogP contribution in [0.3, 0.4) is 0 Å². The highest BCUT2D eigenvalue weighted by atomic mass is 16.5. The van der Waals surface area contributed by atoms with Gasteiger partial charge in [-0.05, 0) is 13.3 Å². The van der Waals surface area contributed by atoms with Crippen molar-refractivity contribution in [3.8, 4) is 11.6 Å². The van der Waals surface area contributed by atoms with Crippen LogP contribution in [0.4, 0.5) is 0 Å². The van der Waals surface area contributed by atoms with Gasteiger partial charge in [0.1, 0.15) is 5.76 Å². The molecule has 0 radical (unpaired) electrons. The monoisotopic (exact) mass is 236 g/mol. The van der Waals surface area contributed by atoms with Crippen molar-refractivity contribution in [1.29, 1.82) is 0 Å². The Morgan fingerprint density at radius 3 is 2.82 bits per heavy atom. The summed E-state index contributed by atoms with van der Waals surface area (Å²) < 4.78 is 10.1. The molecule has 0 unspecified atom stereocenters. The third kappa shape index (κ3) is 2.20. The highest BCUT2D eigenvalue weighted by Gasteiger charge is 2.21. The van der Waals surface area contributed by atoms with Crippen molar-refractivity contribution in [2.24, 2.45) is 0 Å². The van der Waals surface area contributed by atoms with Crippen LogP contribution < -0.4 is 0 Å². The molecule has 0 saturated carbocycles. The number of aromatic carboxylic acids is 1. The molecule has 2 aromatic heterocycles. The number of hydrogen-bond acceptors (Lipinski definition) is 5. The molecule has 0 aromatic carbocycles. The average Bonchev–Trinajstić information content (AvgIpc) is 2.85. The van der Waals surface area contributed by atoms with Crippen LogP contribution in [0.15, 0.2) is 15.0 Å². The van der Waals surface area contributed by atoms with Crippen LogP contribution in [-0.2, 0) is 6.42 Å².